The molecule has 6 nitrogen and oxygen atoms in total. The summed E-state index contributed by atoms with van der Waals surface area (Å²) in [6.07, 6.45) is -3.39. The van der Waals surface area contributed by atoms with Gasteiger partial charge in [-0.15, -0.1) is 0 Å². The summed E-state index contributed by atoms with van der Waals surface area (Å²) in [7, 11) is 0. The van der Waals surface area contributed by atoms with Crippen LogP contribution in [0, 0.1) is 0 Å². The fourth-order valence-corrected chi connectivity index (χ4v) is 2.33. The standard InChI is InChI=1S/C15H21F3N4O2/c1-14(2,3)24-13(23)22-6-4-5-21(7-8-22)12-9-11(15(16,17)18)19-10-20-12/h9-10H,4-8H2,1-3H3. The molecule has 1 aliphatic rings. The summed E-state index contributed by atoms with van der Waals surface area (Å²) < 4.78 is 43.6. The Balaban J connectivity index is 2.05. The Labute approximate surface area is 138 Å². The first-order valence-electron chi connectivity index (χ1n) is 7.68. The fraction of sp³-hybridized carbons (Fsp3) is 0.667. The zero-order valence-corrected chi connectivity index (χ0v) is 13.9. The lowest BCUT2D eigenvalue weighted by molar-refractivity contribution is -0.141. The zero-order chi connectivity index (χ0) is 18.0. The number of rotatable bonds is 1. The number of nitrogens with zero attached hydrogens (tertiary/aromatic N) is 4. The molecule has 1 amide bonds. The first-order valence-corrected chi connectivity index (χ1v) is 7.68. The van der Waals surface area contributed by atoms with Gasteiger partial charge in [0.1, 0.15) is 23.4 Å². The van der Waals surface area contributed by atoms with Crippen molar-refractivity contribution in [3.8, 4) is 0 Å². The largest absolute Gasteiger partial charge is 0.444 e. The predicted molar refractivity (Wildman–Crippen MR) is 81.7 cm³/mol. The molecule has 0 bridgehead atoms. The molecule has 1 aromatic heterocycles. The molecular formula is C15H21F3N4O2. The van der Waals surface area contributed by atoms with Gasteiger partial charge in [0.2, 0.25) is 0 Å². The summed E-state index contributed by atoms with van der Waals surface area (Å²) in [5.74, 6) is 0.211. The predicted octanol–water partition coefficient (Wildman–Crippen LogP) is 2.94. The van der Waals surface area contributed by atoms with Crippen LogP contribution in [0.5, 0.6) is 0 Å². The van der Waals surface area contributed by atoms with Crippen LogP contribution in [0.25, 0.3) is 0 Å². The van der Waals surface area contributed by atoms with Gasteiger partial charge in [-0.05, 0) is 27.2 Å². The van der Waals surface area contributed by atoms with Crippen molar-refractivity contribution in [3.05, 3.63) is 18.1 Å². The lowest BCUT2D eigenvalue weighted by Crippen LogP contribution is -2.39. The summed E-state index contributed by atoms with van der Waals surface area (Å²) in [4.78, 5) is 22.6. The molecule has 0 aliphatic carbocycles. The van der Waals surface area contributed by atoms with Crippen LogP contribution in [0.15, 0.2) is 12.4 Å². The van der Waals surface area contributed by atoms with E-state index in [1.54, 1.807) is 30.6 Å². The average molecular weight is 346 g/mol. The van der Waals surface area contributed by atoms with Crippen LogP contribution in [0.2, 0.25) is 0 Å². The third-order valence-electron chi connectivity index (χ3n) is 3.41. The monoisotopic (exact) mass is 346 g/mol. The summed E-state index contributed by atoms with van der Waals surface area (Å²) in [5.41, 5.74) is -1.56. The number of halogens is 3. The summed E-state index contributed by atoms with van der Waals surface area (Å²) in [6.45, 7) is 7.10. The quantitative estimate of drug-likeness (QED) is 0.782. The lowest BCUT2D eigenvalue weighted by Gasteiger charge is -2.26. The third-order valence-corrected chi connectivity index (χ3v) is 3.41. The molecule has 2 heterocycles. The van der Waals surface area contributed by atoms with Gasteiger partial charge in [0, 0.05) is 32.2 Å². The van der Waals surface area contributed by atoms with E-state index in [1.165, 1.54) is 0 Å². The molecule has 1 fully saturated rings. The number of hydrogen-bond donors (Lipinski definition) is 0. The Morgan fingerprint density at radius 3 is 2.46 bits per heavy atom. The number of carbonyl (C=O) groups is 1. The molecule has 24 heavy (non-hydrogen) atoms. The van der Waals surface area contributed by atoms with Crippen LogP contribution in [0.4, 0.5) is 23.8 Å². The van der Waals surface area contributed by atoms with Crippen molar-refractivity contribution in [1.82, 2.24) is 14.9 Å². The summed E-state index contributed by atoms with van der Waals surface area (Å²) in [6, 6.07) is 0.934. The van der Waals surface area contributed by atoms with Crippen molar-refractivity contribution in [2.45, 2.75) is 39.0 Å². The van der Waals surface area contributed by atoms with Crippen molar-refractivity contribution in [3.63, 3.8) is 0 Å². The molecule has 0 spiro atoms. The molecule has 0 radical (unpaired) electrons. The van der Waals surface area contributed by atoms with Crippen LogP contribution in [0.3, 0.4) is 0 Å². The number of carbonyl (C=O) groups excluding carboxylic acids is 1. The van der Waals surface area contributed by atoms with Crippen LogP contribution in [-0.4, -0.2) is 52.7 Å². The van der Waals surface area contributed by atoms with E-state index < -0.39 is 23.6 Å². The van der Waals surface area contributed by atoms with Gasteiger partial charge in [0.15, 0.2) is 0 Å². The van der Waals surface area contributed by atoms with Crippen LogP contribution < -0.4 is 4.90 Å². The molecule has 1 saturated heterocycles. The Bertz CT molecular complexity index is 587. The van der Waals surface area contributed by atoms with Crippen molar-refractivity contribution in [1.29, 1.82) is 0 Å². The van der Waals surface area contributed by atoms with Crippen LogP contribution >= 0.6 is 0 Å². The van der Waals surface area contributed by atoms with E-state index in [9.17, 15) is 18.0 Å². The minimum Gasteiger partial charge on any atom is -0.444 e. The minimum absolute atomic E-state index is 0.211. The Morgan fingerprint density at radius 1 is 1.12 bits per heavy atom. The fourth-order valence-electron chi connectivity index (χ4n) is 2.33. The summed E-state index contributed by atoms with van der Waals surface area (Å²) >= 11 is 0. The third kappa shape index (κ3) is 4.97. The molecule has 0 atom stereocenters. The molecule has 9 heteroatoms. The van der Waals surface area contributed by atoms with Gasteiger partial charge in [0.25, 0.3) is 0 Å². The topological polar surface area (TPSA) is 58.6 Å². The molecule has 0 unspecified atom stereocenters. The Morgan fingerprint density at radius 2 is 1.83 bits per heavy atom. The smallest absolute Gasteiger partial charge is 0.433 e. The highest BCUT2D eigenvalue weighted by Gasteiger charge is 2.33. The first-order chi connectivity index (χ1) is 11.1. The maximum atomic E-state index is 12.8. The van der Waals surface area contributed by atoms with E-state index in [0.29, 0.717) is 32.6 Å². The van der Waals surface area contributed by atoms with Gasteiger partial charge >= 0.3 is 12.3 Å². The molecule has 1 aromatic rings. The van der Waals surface area contributed by atoms with Gasteiger partial charge in [-0.25, -0.2) is 14.8 Å². The normalized spacial score (nSPS) is 16.8. The molecule has 0 saturated carbocycles. The van der Waals surface area contributed by atoms with Crippen molar-refractivity contribution < 1.29 is 22.7 Å². The van der Waals surface area contributed by atoms with E-state index >= 15 is 0 Å². The second kappa shape index (κ2) is 6.82. The maximum Gasteiger partial charge on any atom is 0.433 e. The van der Waals surface area contributed by atoms with Gasteiger partial charge in [-0.3, -0.25) is 0 Å². The van der Waals surface area contributed by atoms with Gasteiger partial charge in [-0.2, -0.15) is 13.2 Å². The zero-order valence-electron chi connectivity index (χ0n) is 13.9. The number of anilines is 1. The Kier molecular flexibility index (Phi) is 5.19. The molecular weight excluding hydrogens is 325 g/mol. The number of ether oxygens (including phenoxy) is 1. The van der Waals surface area contributed by atoms with Gasteiger partial charge in [0.05, 0.1) is 0 Å². The number of hydrogen-bond acceptors (Lipinski definition) is 5. The second-order valence-electron chi connectivity index (χ2n) is 6.57. The van der Waals surface area contributed by atoms with E-state index in [0.717, 1.165) is 12.4 Å². The van der Waals surface area contributed by atoms with E-state index in [-0.39, 0.29) is 5.82 Å². The van der Waals surface area contributed by atoms with E-state index in [4.69, 9.17) is 4.74 Å². The van der Waals surface area contributed by atoms with E-state index in [2.05, 4.69) is 9.97 Å². The molecule has 0 N–H and O–H groups in total. The molecule has 2 rings (SSSR count). The highest BCUT2D eigenvalue weighted by molar-refractivity contribution is 5.68. The van der Waals surface area contributed by atoms with Gasteiger partial charge in [-0.1, -0.05) is 0 Å². The first kappa shape index (κ1) is 18.3. The van der Waals surface area contributed by atoms with Crippen LogP contribution in [0.1, 0.15) is 32.9 Å². The van der Waals surface area contributed by atoms with Crippen molar-refractivity contribution in [2.24, 2.45) is 0 Å². The van der Waals surface area contributed by atoms with Crippen molar-refractivity contribution in [2.75, 3.05) is 31.1 Å². The molecule has 1 aliphatic heterocycles. The Hall–Kier alpha value is -2.06. The highest BCUT2D eigenvalue weighted by atomic mass is 19.4. The van der Waals surface area contributed by atoms with E-state index in [1.807, 2.05) is 0 Å². The SMILES string of the molecule is CC(C)(C)OC(=O)N1CCCN(c2cc(C(F)(F)F)ncn2)CC1. The minimum atomic E-state index is -4.51. The maximum absolute atomic E-state index is 12.8. The summed E-state index contributed by atoms with van der Waals surface area (Å²) in [5, 5.41) is 0. The van der Waals surface area contributed by atoms with Gasteiger partial charge < -0.3 is 14.5 Å². The number of alkyl halides is 3. The number of amides is 1. The number of aromatic nitrogens is 2. The highest BCUT2D eigenvalue weighted by Crippen LogP contribution is 2.29. The second-order valence-corrected chi connectivity index (χ2v) is 6.57. The average Bonchev–Trinajstić information content (AvgIpc) is 2.70. The molecule has 0 aromatic carbocycles. The van der Waals surface area contributed by atoms with Crippen LogP contribution in [-0.2, 0) is 10.9 Å². The lowest BCUT2D eigenvalue weighted by atomic mass is 10.2. The molecule has 134 valence electrons. The van der Waals surface area contributed by atoms with Crippen molar-refractivity contribution >= 4 is 11.9 Å².